The Morgan fingerprint density at radius 2 is 1.88 bits per heavy atom. The summed E-state index contributed by atoms with van der Waals surface area (Å²) < 4.78 is 5.45. The van der Waals surface area contributed by atoms with Crippen molar-refractivity contribution in [2.45, 2.75) is 25.7 Å². The summed E-state index contributed by atoms with van der Waals surface area (Å²) in [5, 5.41) is 8.98. The third-order valence-corrected chi connectivity index (χ3v) is 5.86. The molecule has 0 saturated carbocycles. The first-order chi connectivity index (χ1) is 12.2. The second kappa shape index (κ2) is 7.95. The van der Waals surface area contributed by atoms with Gasteiger partial charge < -0.3 is 15.4 Å². The van der Waals surface area contributed by atoms with Crippen molar-refractivity contribution in [2.75, 3.05) is 33.4 Å². The first-order valence-corrected chi connectivity index (χ1v) is 9.24. The Balaban J connectivity index is 0.00000196. The summed E-state index contributed by atoms with van der Waals surface area (Å²) in [5.74, 6) is 0.0320. The second-order valence-corrected chi connectivity index (χ2v) is 7.48. The van der Waals surface area contributed by atoms with Crippen LogP contribution in [0.2, 0.25) is 0 Å². The number of carbonyl (C=O) groups excluding carboxylic acids is 1. The minimum atomic E-state index is 0. The van der Waals surface area contributed by atoms with Gasteiger partial charge in [-0.25, -0.2) is 0 Å². The van der Waals surface area contributed by atoms with Crippen molar-refractivity contribution in [1.82, 2.24) is 10.6 Å². The minimum absolute atomic E-state index is 0. The number of piperidine rings is 1. The molecule has 2 aromatic rings. The quantitative estimate of drug-likeness (QED) is 0.845. The lowest BCUT2D eigenvalue weighted by molar-refractivity contribution is 0.0512. The number of hydrogen-bond donors (Lipinski definition) is 2. The molecule has 26 heavy (non-hydrogen) atoms. The molecule has 1 fully saturated rings. The van der Waals surface area contributed by atoms with Crippen LogP contribution < -0.4 is 10.6 Å². The van der Waals surface area contributed by atoms with Crippen LogP contribution in [0, 0.1) is 5.41 Å². The van der Waals surface area contributed by atoms with E-state index in [1.807, 2.05) is 6.07 Å². The number of halogens is 1. The predicted molar refractivity (Wildman–Crippen MR) is 107 cm³/mol. The standard InChI is InChI=1S/C21H26N2O2.ClH/c1-25-14-21(9-11-22-12-10-21)13-23-20(24)18-8-7-16-6-5-15-3-2-4-17(18)19(15)16;/h2-4,7-8,22H,5-6,9-14H2,1H3,(H,23,24);1H. The summed E-state index contributed by atoms with van der Waals surface area (Å²) in [6.45, 7) is 3.34. The SMILES string of the molecule is COCC1(CNC(=O)c2ccc3c4c(cccc24)CC3)CCNCC1.Cl. The monoisotopic (exact) mass is 374 g/mol. The molecule has 1 aliphatic carbocycles. The maximum Gasteiger partial charge on any atom is 0.251 e. The van der Waals surface area contributed by atoms with Gasteiger partial charge in [0.15, 0.2) is 0 Å². The average molecular weight is 375 g/mol. The molecular formula is C21H27ClN2O2. The van der Waals surface area contributed by atoms with Crippen LogP contribution in [0.3, 0.4) is 0 Å². The highest BCUT2D eigenvalue weighted by atomic mass is 35.5. The van der Waals surface area contributed by atoms with Gasteiger partial charge in [-0.1, -0.05) is 24.3 Å². The van der Waals surface area contributed by atoms with Crippen LogP contribution in [-0.4, -0.2) is 39.3 Å². The third-order valence-electron chi connectivity index (χ3n) is 5.86. The number of carbonyl (C=O) groups is 1. The number of nitrogens with one attached hydrogen (secondary N) is 2. The van der Waals surface area contributed by atoms with Gasteiger partial charge in [0, 0.05) is 24.6 Å². The Hall–Kier alpha value is -1.62. The minimum Gasteiger partial charge on any atom is -0.384 e. The number of benzene rings is 2. The van der Waals surface area contributed by atoms with Crippen molar-refractivity contribution >= 4 is 29.1 Å². The van der Waals surface area contributed by atoms with Gasteiger partial charge in [0.2, 0.25) is 0 Å². The van der Waals surface area contributed by atoms with Gasteiger partial charge in [-0.15, -0.1) is 12.4 Å². The van der Waals surface area contributed by atoms with Crippen molar-refractivity contribution in [2.24, 2.45) is 5.41 Å². The molecule has 0 spiro atoms. The number of amides is 1. The topological polar surface area (TPSA) is 50.4 Å². The molecule has 1 amide bonds. The fourth-order valence-electron chi connectivity index (χ4n) is 4.44. The predicted octanol–water partition coefficient (Wildman–Crippen LogP) is 3.11. The van der Waals surface area contributed by atoms with Crippen LogP contribution in [0.15, 0.2) is 30.3 Å². The lowest BCUT2D eigenvalue weighted by Crippen LogP contribution is -2.47. The molecule has 2 aromatic carbocycles. The molecule has 1 heterocycles. The normalized spacial score (nSPS) is 17.7. The van der Waals surface area contributed by atoms with E-state index in [1.54, 1.807) is 7.11 Å². The maximum atomic E-state index is 12.9. The summed E-state index contributed by atoms with van der Waals surface area (Å²) in [4.78, 5) is 12.9. The first kappa shape index (κ1) is 19.2. The highest BCUT2D eigenvalue weighted by molar-refractivity contribution is 6.09. The van der Waals surface area contributed by atoms with E-state index in [0.717, 1.165) is 49.7 Å². The van der Waals surface area contributed by atoms with E-state index in [9.17, 15) is 4.79 Å². The van der Waals surface area contributed by atoms with E-state index in [0.29, 0.717) is 13.2 Å². The Kier molecular flexibility index (Phi) is 5.86. The van der Waals surface area contributed by atoms with E-state index in [-0.39, 0.29) is 23.7 Å². The highest BCUT2D eigenvalue weighted by Crippen LogP contribution is 2.33. The van der Waals surface area contributed by atoms with Gasteiger partial charge in [-0.2, -0.15) is 0 Å². The molecular weight excluding hydrogens is 348 g/mol. The van der Waals surface area contributed by atoms with Crippen LogP contribution in [0.1, 0.15) is 34.3 Å². The molecule has 2 N–H and O–H groups in total. The molecule has 0 unspecified atom stereocenters. The summed E-state index contributed by atoms with van der Waals surface area (Å²) in [7, 11) is 1.74. The molecule has 4 nitrogen and oxygen atoms in total. The van der Waals surface area contributed by atoms with Crippen molar-refractivity contribution in [3.63, 3.8) is 0 Å². The smallest absolute Gasteiger partial charge is 0.251 e. The van der Waals surface area contributed by atoms with E-state index in [2.05, 4.69) is 34.9 Å². The molecule has 4 rings (SSSR count). The molecule has 5 heteroatoms. The largest absolute Gasteiger partial charge is 0.384 e. The Morgan fingerprint density at radius 1 is 1.15 bits per heavy atom. The number of ether oxygens (including phenoxy) is 1. The van der Waals surface area contributed by atoms with Crippen LogP contribution in [0.5, 0.6) is 0 Å². The van der Waals surface area contributed by atoms with Crippen molar-refractivity contribution < 1.29 is 9.53 Å². The van der Waals surface area contributed by atoms with Gasteiger partial charge in [0.05, 0.1) is 6.61 Å². The molecule has 1 saturated heterocycles. The summed E-state index contributed by atoms with van der Waals surface area (Å²) in [6, 6.07) is 10.5. The molecule has 140 valence electrons. The maximum absolute atomic E-state index is 12.9. The Labute approximate surface area is 161 Å². The van der Waals surface area contributed by atoms with Crippen LogP contribution in [-0.2, 0) is 17.6 Å². The second-order valence-electron chi connectivity index (χ2n) is 7.48. The van der Waals surface area contributed by atoms with Gasteiger partial charge in [-0.05, 0) is 66.7 Å². The summed E-state index contributed by atoms with van der Waals surface area (Å²) >= 11 is 0. The van der Waals surface area contributed by atoms with Crippen molar-refractivity contribution in [1.29, 1.82) is 0 Å². The average Bonchev–Trinajstić information content (AvgIpc) is 3.06. The lowest BCUT2D eigenvalue weighted by Gasteiger charge is -2.37. The van der Waals surface area contributed by atoms with Gasteiger partial charge in [-0.3, -0.25) is 4.79 Å². The zero-order chi connectivity index (χ0) is 17.3. The third kappa shape index (κ3) is 3.46. The zero-order valence-electron chi connectivity index (χ0n) is 15.3. The number of aryl methyl sites for hydroxylation is 2. The van der Waals surface area contributed by atoms with E-state index >= 15 is 0 Å². The summed E-state index contributed by atoms with van der Waals surface area (Å²) in [5.41, 5.74) is 3.58. The van der Waals surface area contributed by atoms with Gasteiger partial charge in [0.1, 0.15) is 0 Å². The lowest BCUT2D eigenvalue weighted by atomic mass is 9.79. The molecule has 0 radical (unpaired) electrons. The van der Waals surface area contributed by atoms with E-state index < -0.39 is 0 Å². The van der Waals surface area contributed by atoms with Gasteiger partial charge in [0.25, 0.3) is 5.91 Å². The number of hydrogen-bond acceptors (Lipinski definition) is 3. The summed E-state index contributed by atoms with van der Waals surface area (Å²) in [6.07, 6.45) is 4.24. The highest BCUT2D eigenvalue weighted by Gasteiger charge is 2.32. The fourth-order valence-corrected chi connectivity index (χ4v) is 4.44. The Morgan fingerprint density at radius 3 is 2.62 bits per heavy atom. The molecule has 0 bridgehead atoms. The van der Waals surface area contributed by atoms with Crippen LogP contribution >= 0.6 is 12.4 Å². The van der Waals surface area contributed by atoms with Crippen LogP contribution in [0.25, 0.3) is 10.8 Å². The molecule has 0 atom stereocenters. The molecule has 2 aliphatic rings. The van der Waals surface area contributed by atoms with E-state index in [4.69, 9.17) is 4.74 Å². The van der Waals surface area contributed by atoms with Crippen molar-refractivity contribution in [3.8, 4) is 0 Å². The zero-order valence-corrected chi connectivity index (χ0v) is 16.1. The Bertz CT molecular complexity index is 784. The van der Waals surface area contributed by atoms with Crippen molar-refractivity contribution in [3.05, 3.63) is 47.0 Å². The molecule has 0 aromatic heterocycles. The van der Waals surface area contributed by atoms with Crippen LogP contribution in [0.4, 0.5) is 0 Å². The first-order valence-electron chi connectivity index (χ1n) is 9.24. The van der Waals surface area contributed by atoms with E-state index in [1.165, 1.54) is 16.5 Å². The number of rotatable bonds is 5. The molecule has 1 aliphatic heterocycles. The fraction of sp³-hybridized carbons (Fsp3) is 0.476. The van der Waals surface area contributed by atoms with Gasteiger partial charge >= 0.3 is 0 Å². The number of methoxy groups -OCH3 is 1.